The first kappa shape index (κ1) is 16.4. The van der Waals surface area contributed by atoms with E-state index in [2.05, 4.69) is 34.4 Å². The van der Waals surface area contributed by atoms with Crippen molar-refractivity contribution in [2.45, 2.75) is 26.2 Å². The van der Waals surface area contributed by atoms with E-state index in [4.69, 9.17) is 0 Å². The summed E-state index contributed by atoms with van der Waals surface area (Å²) >= 11 is 0. The van der Waals surface area contributed by atoms with Gasteiger partial charge in [0.2, 0.25) is 0 Å². The number of hydrogen-bond donors (Lipinski definition) is 2. The number of fused-ring (bicyclic) bond motifs is 1. The largest absolute Gasteiger partial charge is 0.384 e. The molecule has 0 atom stereocenters. The Hall–Kier alpha value is -1.95. The minimum absolute atomic E-state index is 0.317. The number of unbranched alkanes of at least 4 members (excludes halogenated alkanes) is 1. The lowest BCUT2D eigenvalue weighted by atomic mass is 10.1. The van der Waals surface area contributed by atoms with Gasteiger partial charge in [0.15, 0.2) is 0 Å². The average Bonchev–Trinajstić information content (AvgIpc) is 2.50. The fourth-order valence-corrected chi connectivity index (χ4v) is 2.42. The third-order valence-corrected chi connectivity index (χ3v) is 3.67. The molecule has 2 rings (SSSR count). The van der Waals surface area contributed by atoms with E-state index in [9.17, 15) is 9.18 Å². The minimum Gasteiger partial charge on any atom is -0.384 e. The molecule has 1 aromatic carbocycles. The molecule has 0 aliphatic heterocycles. The fraction of sp³-hybridized carbons (Fsp3) is 0.500. The lowest BCUT2D eigenvalue weighted by Gasteiger charge is -2.16. The first-order chi connectivity index (χ1) is 10.6. The number of H-pyrrole nitrogens is 1. The number of nitrogens with zero attached hydrogens (tertiary/aromatic N) is 2. The molecule has 120 valence electrons. The Labute approximate surface area is 129 Å². The molecule has 5 nitrogen and oxygen atoms in total. The van der Waals surface area contributed by atoms with Crippen LogP contribution in [0.2, 0.25) is 0 Å². The maximum atomic E-state index is 13.6. The number of aromatic amines is 1. The third-order valence-electron chi connectivity index (χ3n) is 3.67. The standard InChI is InChI=1S/C16H23FN4O/c1-3-4-7-21(2)8-5-6-18-15-10-12(17)9-13-14(15)11-19-20-16(13)22/h9-11,18H,3-8H2,1-2H3,(H,20,22). The second kappa shape index (κ2) is 7.89. The number of rotatable bonds is 8. The van der Waals surface area contributed by atoms with Crippen molar-refractivity contribution in [2.24, 2.45) is 0 Å². The molecule has 0 bridgehead atoms. The van der Waals surface area contributed by atoms with Crippen molar-refractivity contribution in [3.8, 4) is 0 Å². The Morgan fingerprint density at radius 3 is 2.82 bits per heavy atom. The molecule has 1 aromatic heterocycles. The van der Waals surface area contributed by atoms with E-state index in [-0.39, 0.29) is 5.56 Å². The highest BCUT2D eigenvalue weighted by molar-refractivity contribution is 5.92. The zero-order valence-corrected chi connectivity index (χ0v) is 13.2. The summed E-state index contributed by atoms with van der Waals surface area (Å²) in [6, 6.07) is 2.64. The van der Waals surface area contributed by atoms with E-state index < -0.39 is 5.82 Å². The van der Waals surface area contributed by atoms with E-state index in [0.717, 1.165) is 26.1 Å². The van der Waals surface area contributed by atoms with Crippen molar-refractivity contribution >= 4 is 16.5 Å². The molecule has 2 aromatic rings. The highest BCUT2D eigenvalue weighted by Gasteiger charge is 2.07. The van der Waals surface area contributed by atoms with Crippen LogP contribution in [0.1, 0.15) is 26.2 Å². The van der Waals surface area contributed by atoms with Crippen LogP contribution < -0.4 is 10.9 Å². The van der Waals surface area contributed by atoms with Gasteiger partial charge < -0.3 is 10.2 Å². The topological polar surface area (TPSA) is 61.0 Å². The van der Waals surface area contributed by atoms with Crippen LogP contribution >= 0.6 is 0 Å². The Kier molecular flexibility index (Phi) is 5.89. The highest BCUT2D eigenvalue weighted by atomic mass is 19.1. The van der Waals surface area contributed by atoms with Crippen LogP contribution in [0.4, 0.5) is 10.1 Å². The third kappa shape index (κ3) is 4.27. The predicted octanol–water partition coefficient (Wildman–Crippen LogP) is 2.60. The summed E-state index contributed by atoms with van der Waals surface area (Å²) in [5.41, 5.74) is 0.240. The molecule has 0 amide bonds. The zero-order valence-electron chi connectivity index (χ0n) is 13.2. The molecule has 0 fully saturated rings. The second-order valence-electron chi connectivity index (χ2n) is 5.55. The van der Waals surface area contributed by atoms with Crippen molar-refractivity contribution < 1.29 is 4.39 Å². The second-order valence-corrected chi connectivity index (χ2v) is 5.55. The summed E-state index contributed by atoms with van der Waals surface area (Å²) in [4.78, 5) is 14.0. The normalized spacial score (nSPS) is 11.3. The van der Waals surface area contributed by atoms with Crippen molar-refractivity contribution in [1.82, 2.24) is 15.1 Å². The van der Waals surface area contributed by atoms with E-state index in [1.165, 1.54) is 25.0 Å². The molecule has 0 saturated heterocycles. The summed E-state index contributed by atoms with van der Waals surface area (Å²) in [5.74, 6) is -0.424. The summed E-state index contributed by atoms with van der Waals surface area (Å²) in [6.45, 7) is 4.99. The maximum absolute atomic E-state index is 13.6. The Balaban J connectivity index is 1.97. The van der Waals surface area contributed by atoms with Gasteiger partial charge in [-0.3, -0.25) is 4.79 Å². The average molecular weight is 306 g/mol. The lowest BCUT2D eigenvalue weighted by molar-refractivity contribution is 0.327. The van der Waals surface area contributed by atoms with Crippen LogP contribution in [0.5, 0.6) is 0 Å². The van der Waals surface area contributed by atoms with E-state index >= 15 is 0 Å². The monoisotopic (exact) mass is 306 g/mol. The van der Waals surface area contributed by atoms with Crippen LogP contribution in [0.25, 0.3) is 10.8 Å². The molecule has 0 unspecified atom stereocenters. The number of anilines is 1. The molecule has 1 heterocycles. The van der Waals surface area contributed by atoms with Crippen molar-refractivity contribution in [2.75, 3.05) is 32.0 Å². The summed E-state index contributed by atoms with van der Waals surface area (Å²) in [5, 5.41) is 10.3. The molecule has 0 aliphatic rings. The summed E-state index contributed by atoms with van der Waals surface area (Å²) < 4.78 is 13.6. The van der Waals surface area contributed by atoms with E-state index in [1.807, 2.05) is 0 Å². The Bertz CT molecular complexity index is 671. The van der Waals surface area contributed by atoms with Gasteiger partial charge in [-0.15, -0.1) is 0 Å². The van der Waals surface area contributed by atoms with Crippen LogP contribution in [-0.2, 0) is 0 Å². The molecular formula is C16H23FN4O. The molecular weight excluding hydrogens is 283 g/mol. The van der Waals surface area contributed by atoms with Crippen molar-refractivity contribution in [1.29, 1.82) is 0 Å². The maximum Gasteiger partial charge on any atom is 0.272 e. The number of nitrogens with one attached hydrogen (secondary N) is 2. The summed E-state index contributed by atoms with van der Waals surface area (Å²) in [7, 11) is 2.11. The van der Waals surface area contributed by atoms with Gasteiger partial charge in [-0.25, -0.2) is 9.49 Å². The molecule has 6 heteroatoms. The smallest absolute Gasteiger partial charge is 0.272 e. The van der Waals surface area contributed by atoms with Gasteiger partial charge in [0.1, 0.15) is 5.82 Å². The van der Waals surface area contributed by atoms with Crippen LogP contribution in [0.15, 0.2) is 23.1 Å². The van der Waals surface area contributed by atoms with Gasteiger partial charge in [0.05, 0.1) is 11.6 Å². The highest BCUT2D eigenvalue weighted by Crippen LogP contribution is 2.21. The van der Waals surface area contributed by atoms with Gasteiger partial charge >= 0.3 is 0 Å². The number of aromatic nitrogens is 2. The van der Waals surface area contributed by atoms with Gasteiger partial charge in [-0.2, -0.15) is 5.10 Å². The van der Waals surface area contributed by atoms with Gasteiger partial charge in [0.25, 0.3) is 5.56 Å². The number of halogens is 1. The van der Waals surface area contributed by atoms with Crippen LogP contribution in [-0.4, -0.2) is 41.8 Å². The van der Waals surface area contributed by atoms with E-state index in [1.54, 1.807) is 6.20 Å². The molecule has 2 N–H and O–H groups in total. The summed E-state index contributed by atoms with van der Waals surface area (Å²) in [6.07, 6.45) is 4.90. The number of benzene rings is 1. The quantitative estimate of drug-likeness (QED) is 0.736. The molecule has 0 radical (unpaired) electrons. The van der Waals surface area contributed by atoms with Crippen molar-refractivity contribution in [3.63, 3.8) is 0 Å². The molecule has 22 heavy (non-hydrogen) atoms. The van der Waals surface area contributed by atoms with Crippen molar-refractivity contribution in [3.05, 3.63) is 34.5 Å². The minimum atomic E-state index is -0.424. The van der Waals surface area contributed by atoms with Gasteiger partial charge in [0, 0.05) is 17.6 Å². The van der Waals surface area contributed by atoms with Crippen LogP contribution in [0.3, 0.4) is 0 Å². The van der Waals surface area contributed by atoms with Gasteiger partial charge in [-0.1, -0.05) is 13.3 Å². The first-order valence-corrected chi connectivity index (χ1v) is 7.71. The first-order valence-electron chi connectivity index (χ1n) is 7.71. The SMILES string of the molecule is CCCCN(C)CCCNc1cc(F)cc2c(=O)[nH]ncc12. The van der Waals surface area contributed by atoms with E-state index in [0.29, 0.717) is 16.5 Å². The molecule has 0 spiro atoms. The number of hydrogen-bond acceptors (Lipinski definition) is 4. The lowest BCUT2D eigenvalue weighted by Crippen LogP contribution is -2.22. The predicted molar refractivity (Wildman–Crippen MR) is 87.8 cm³/mol. The fourth-order valence-electron chi connectivity index (χ4n) is 2.42. The van der Waals surface area contributed by atoms with Crippen LogP contribution in [0, 0.1) is 5.82 Å². The van der Waals surface area contributed by atoms with Gasteiger partial charge in [-0.05, 0) is 45.1 Å². The molecule has 0 saturated carbocycles. The Morgan fingerprint density at radius 2 is 2.05 bits per heavy atom. The molecule has 0 aliphatic carbocycles. The zero-order chi connectivity index (χ0) is 15.9. The Morgan fingerprint density at radius 1 is 1.27 bits per heavy atom.